The minimum atomic E-state index is -3.26. The predicted molar refractivity (Wildman–Crippen MR) is 124 cm³/mol. The summed E-state index contributed by atoms with van der Waals surface area (Å²) in [6, 6.07) is 10.4. The number of rotatable bonds is 4. The lowest BCUT2D eigenvalue weighted by molar-refractivity contribution is 0.596. The molecule has 1 aliphatic heterocycles. The van der Waals surface area contributed by atoms with Gasteiger partial charge in [0.2, 0.25) is 0 Å². The summed E-state index contributed by atoms with van der Waals surface area (Å²) in [6.07, 6.45) is 0. The molecule has 9 heteroatoms. The molecule has 4 rings (SSSR count). The van der Waals surface area contributed by atoms with Crippen molar-refractivity contribution < 1.29 is 12.8 Å². The quantitative estimate of drug-likeness (QED) is 0.571. The number of aromatic nitrogens is 2. The molecule has 0 spiro atoms. The van der Waals surface area contributed by atoms with E-state index in [2.05, 4.69) is 5.10 Å². The number of hydrogen-bond donors (Lipinski definition) is 0. The molecular weight excluding hydrogens is 453 g/mol. The maximum Gasteiger partial charge on any atom is 0.266 e. The van der Waals surface area contributed by atoms with E-state index in [1.54, 1.807) is 38.2 Å². The molecular formula is C23H21ClFN3O3S. The highest BCUT2D eigenvalue weighted by atomic mass is 35.5. The third kappa shape index (κ3) is 4.12. The number of fused-ring (bicyclic) bond motifs is 3. The third-order valence-electron chi connectivity index (χ3n) is 5.50. The van der Waals surface area contributed by atoms with E-state index in [1.165, 1.54) is 22.9 Å². The zero-order valence-corrected chi connectivity index (χ0v) is 19.3. The van der Waals surface area contributed by atoms with Crippen molar-refractivity contribution in [1.29, 1.82) is 0 Å². The van der Waals surface area contributed by atoms with Crippen LogP contribution in [0.15, 0.2) is 52.3 Å². The summed E-state index contributed by atoms with van der Waals surface area (Å²) in [5, 5.41) is 4.68. The topological polar surface area (TPSA) is 81.4 Å². The highest BCUT2D eigenvalue weighted by Gasteiger charge is 2.26. The number of hydrogen-bond acceptors (Lipinski definition) is 5. The zero-order valence-electron chi connectivity index (χ0n) is 17.8. The molecule has 0 bridgehead atoms. The Morgan fingerprint density at radius 1 is 1.09 bits per heavy atom. The summed E-state index contributed by atoms with van der Waals surface area (Å²) in [7, 11) is -1.70. The van der Waals surface area contributed by atoms with Gasteiger partial charge in [0.25, 0.3) is 5.56 Å². The number of halogens is 2. The van der Waals surface area contributed by atoms with Crippen LogP contribution >= 0.6 is 11.6 Å². The molecule has 2 heterocycles. The summed E-state index contributed by atoms with van der Waals surface area (Å²) in [4.78, 5) is 17.1. The van der Waals surface area contributed by atoms with Crippen LogP contribution in [-0.2, 0) is 22.6 Å². The van der Waals surface area contributed by atoms with E-state index in [1.807, 2.05) is 6.92 Å². The fourth-order valence-electron chi connectivity index (χ4n) is 3.75. The van der Waals surface area contributed by atoms with Crippen molar-refractivity contribution in [1.82, 2.24) is 9.78 Å². The molecule has 0 aliphatic carbocycles. The van der Waals surface area contributed by atoms with E-state index in [0.29, 0.717) is 39.2 Å². The van der Waals surface area contributed by atoms with Crippen molar-refractivity contribution in [2.24, 2.45) is 12.0 Å². The highest BCUT2D eigenvalue weighted by molar-refractivity contribution is 7.90. The van der Waals surface area contributed by atoms with Gasteiger partial charge < -0.3 is 0 Å². The second kappa shape index (κ2) is 8.26. The van der Waals surface area contributed by atoms with E-state index in [-0.39, 0.29) is 22.1 Å². The van der Waals surface area contributed by atoms with Crippen LogP contribution in [0.3, 0.4) is 0 Å². The first kappa shape index (κ1) is 22.4. The molecule has 166 valence electrons. The summed E-state index contributed by atoms with van der Waals surface area (Å²) in [6.45, 7) is 3.44. The lowest BCUT2D eigenvalue weighted by atomic mass is 9.93. The standard InChI is InChI=1S/C23H21ClFN3O3S/c1-4-32(30,31)12-14-5-7-16-19(9-14)23-18(11-21(29)28(3)27-23)13(2)26-22(16)17-8-6-15(25)10-20(17)24/h5-11,13H,4,12H2,1-3H3. The predicted octanol–water partition coefficient (Wildman–Crippen LogP) is 4.09. The molecule has 0 radical (unpaired) electrons. The van der Waals surface area contributed by atoms with Gasteiger partial charge in [-0.15, -0.1) is 0 Å². The first-order valence-electron chi connectivity index (χ1n) is 10.0. The van der Waals surface area contributed by atoms with Crippen molar-refractivity contribution in [3.05, 3.63) is 85.9 Å². The Balaban J connectivity index is 2.02. The van der Waals surface area contributed by atoms with Gasteiger partial charge in [-0.05, 0) is 36.8 Å². The molecule has 6 nitrogen and oxygen atoms in total. The Morgan fingerprint density at radius 3 is 2.50 bits per heavy atom. The number of benzene rings is 2. The largest absolute Gasteiger partial charge is 0.276 e. The van der Waals surface area contributed by atoms with E-state index < -0.39 is 21.7 Å². The maximum atomic E-state index is 13.7. The molecule has 1 atom stereocenters. The molecule has 1 unspecified atom stereocenters. The van der Waals surface area contributed by atoms with Gasteiger partial charge in [0, 0.05) is 41.1 Å². The Labute approximate surface area is 190 Å². The third-order valence-corrected chi connectivity index (χ3v) is 7.47. The Bertz CT molecular complexity index is 1430. The first-order chi connectivity index (χ1) is 15.1. The average Bonchev–Trinajstić information content (AvgIpc) is 2.84. The molecule has 3 aromatic rings. The Kier molecular flexibility index (Phi) is 5.77. The van der Waals surface area contributed by atoms with Crippen molar-refractivity contribution in [2.45, 2.75) is 25.6 Å². The van der Waals surface area contributed by atoms with Crippen LogP contribution in [0.4, 0.5) is 4.39 Å². The molecule has 0 saturated heterocycles. The molecule has 1 aliphatic rings. The first-order valence-corrected chi connectivity index (χ1v) is 12.2. The van der Waals surface area contributed by atoms with Crippen LogP contribution in [-0.4, -0.2) is 29.7 Å². The van der Waals surface area contributed by atoms with Gasteiger partial charge in [-0.2, -0.15) is 5.10 Å². The van der Waals surface area contributed by atoms with E-state index in [4.69, 9.17) is 16.6 Å². The highest BCUT2D eigenvalue weighted by Crippen LogP contribution is 2.37. The number of nitrogens with zero attached hydrogens (tertiary/aromatic N) is 3. The molecule has 0 fully saturated rings. The van der Waals surface area contributed by atoms with Crippen LogP contribution in [0.5, 0.6) is 0 Å². The normalized spacial score (nSPS) is 15.5. The fourth-order valence-corrected chi connectivity index (χ4v) is 4.90. The van der Waals surface area contributed by atoms with Crippen molar-refractivity contribution >= 4 is 27.1 Å². The van der Waals surface area contributed by atoms with Gasteiger partial charge in [0.15, 0.2) is 9.84 Å². The number of aliphatic imine (C=N–C) groups is 1. The van der Waals surface area contributed by atoms with Crippen LogP contribution in [0, 0.1) is 5.82 Å². The van der Waals surface area contributed by atoms with E-state index in [0.717, 1.165) is 0 Å². The number of aryl methyl sites for hydroxylation is 1. The summed E-state index contributed by atoms with van der Waals surface area (Å²) in [5.74, 6) is -0.547. The Hall–Kier alpha value is -2.84. The summed E-state index contributed by atoms with van der Waals surface area (Å²) < 4.78 is 39.4. The van der Waals surface area contributed by atoms with Crippen LogP contribution in [0.2, 0.25) is 5.02 Å². The molecule has 0 N–H and O–H groups in total. The van der Waals surface area contributed by atoms with Crippen LogP contribution in [0.1, 0.15) is 42.1 Å². The van der Waals surface area contributed by atoms with Gasteiger partial charge in [0.05, 0.1) is 28.2 Å². The SMILES string of the molecule is CCS(=O)(=O)Cc1ccc2c(c1)-c1nn(C)c(=O)cc1C(C)N=C2c1ccc(F)cc1Cl. The molecule has 32 heavy (non-hydrogen) atoms. The number of sulfone groups is 1. The van der Waals surface area contributed by atoms with Crippen LogP contribution < -0.4 is 5.56 Å². The van der Waals surface area contributed by atoms with Gasteiger partial charge in [-0.25, -0.2) is 17.5 Å². The summed E-state index contributed by atoms with van der Waals surface area (Å²) in [5.41, 5.74) is 3.87. The fraction of sp³-hybridized carbons (Fsp3) is 0.261. The lowest BCUT2D eigenvalue weighted by Crippen LogP contribution is -2.21. The maximum absolute atomic E-state index is 13.7. The van der Waals surface area contributed by atoms with Crippen molar-refractivity contribution in [3.63, 3.8) is 0 Å². The Morgan fingerprint density at radius 2 is 1.81 bits per heavy atom. The minimum Gasteiger partial charge on any atom is -0.276 e. The van der Waals surface area contributed by atoms with Crippen LogP contribution in [0.25, 0.3) is 11.3 Å². The van der Waals surface area contributed by atoms with Crippen molar-refractivity contribution in [2.75, 3.05) is 5.75 Å². The average molecular weight is 474 g/mol. The molecule has 0 saturated carbocycles. The smallest absolute Gasteiger partial charge is 0.266 e. The van der Waals surface area contributed by atoms with Crippen molar-refractivity contribution in [3.8, 4) is 11.3 Å². The van der Waals surface area contributed by atoms with E-state index in [9.17, 15) is 17.6 Å². The molecule has 2 aromatic carbocycles. The second-order valence-corrected chi connectivity index (χ2v) is 10.5. The second-order valence-electron chi connectivity index (χ2n) is 7.74. The summed E-state index contributed by atoms with van der Waals surface area (Å²) >= 11 is 6.36. The van der Waals surface area contributed by atoms with Gasteiger partial charge >= 0.3 is 0 Å². The zero-order chi connectivity index (χ0) is 23.2. The van der Waals surface area contributed by atoms with Gasteiger partial charge in [-0.3, -0.25) is 9.79 Å². The van der Waals surface area contributed by atoms with E-state index >= 15 is 0 Å². The van der Waals surface area contributed by atoms with Gasteiger partial charge in [0.1, 0.15) is 5.82 Å². The molecule has 0 amide bonds. The van der Waals surface area contributed by atoms with Gasteiger partial charge in [-0.1, -0.05) is 30.7 Å². The lowest BCUT2D eigenvalue weighted by Gasteiger charge is -2.14. The monoisotopic (exact) mass is 473 g/mol. The molecule has 1 aromatic heterocycles. The minimum absolute atomic E-state index is 0.0301.